The number of ether oxygens (including phenoxy) is 1. The van der Waals surface area contributed by atoms with Crippen molar-refractivity contribution in [3.05, 3.63) is 41.6 Å². The molecule has 1 heterocycles. The Hall–Kier alpha value is -1.88. The average Bonchev–Trinajstić information content (AvgIpc) is 2.87. The number of hydrogen-bond acceptors (Lipinski definition) is 5. The van der Waals surface area contributed by atoms with E-state index in [1.165, 1.54) is 5.56 Å². The van der Waals surface area contributed by atoms with Gasteiger partial charge >= 0.3 is 0 Å². The highest BCUT2D eigenvalue weighted by atomic mass is 16.5. The monoisotopic (exact) mass is 247 g/mol. The van der Waals surface area contributed by atoms with Gasteiger partial charge in [0, 0.05) is 0 Å². The maximum absolute atomic E-state index is 5.59. The van der Waals surface area contributed by atoms with Gasteiger partial charge in [0.1, 0.15) is 5.75 Å². The van der Waals surface area contributed by atoms with Crippen molar-refractivity contribution in [3.8, 4) is 5.75 Å². The molecule has 2 rings (SSSR count). The van der Waals surface area contributed by atoms with Crippen LogP contribution in [0, 0.1) is 0 Å². The van der Waals surface area contributed by atoms with Crippen LogP contribution in [0.2, 0.25) is 0 Å². The van der Waals surface area contributed by atoms with E-state index >= 15 is 0 Å². The Balaban J connectivity index is 1.80. The largest absolute Gasteiger partial charge is 0.493 e. The van der Waals surface area contributed by atoms with Gasteiger partial charge in [-0.2, -0.15) is 0 Å². The predicted molar refractivity (Wildman–Crippen MR) is 67.2 cm³/mol. The van der Waals surface area contributed by atoms with Crippen LogP contribution in [0.25, 0.3) is 0 Å². The number of rotatable bonds is 6. The molecule has 0 radical (unpaired) electrons. The van der Waals surface area contributed by atoms with Gasteiger partial charge in [0.2, 0.25) is 11.8 Å². The molecule has 1 aromatic heterocycles. The van der Waals surface area contributed by atoms with Gasteiger partial charge in [-0.1, -0.05) is 19.1 Å². The first-order valence-corrected chi connectivity index (χ1v) is 6.05. The summed E-state index contributed by atoms with van der Waals surface area (Å²) in [5.74, 6) is 1.86. The average molecular weight is 247 g/mol. The standard InChI is InChI=1S/C13H17N3O2/c1-2-10-3-5-11(6-4-10)17-8-7-12-15-16-13(9-14)18-12/h3-6H,2,7-9,14H2,1H3. The Morgan fingerprint density at radius 1 is 1.17 bits per heavy atom. The third kappa shape index (κ3) is 3.30. The zero-order valence-corrected chi connectivity index (χ0v) is 10.4. The summed E-state index contributed by atoms with van der Waals surface area (Å²) in [7, 11) is 0. The minimum Gasteiger partial charge on any atom is -0.493 e. The second kappa shape index (κ2) is 6.16. The van der Waals surface area contributed by atoms with Crippen LogP contribution in [0.15, 0.2) is 28.7 Å². The molecule has 0 atom stereocenters. The van der Waals surface area contributed by atoms with E-state index in [2.05, 4.69) is 29.3 Å². The number of aromatic nitrogens is 2. The molecule has 0 aliphatic rings. The summed E-state index contributed by atoms with van der Waals surface area (Å²) in [4.78, 5) is 0. The fraction of sp³-hybridized carbons (Fsp3) is 0.385. The van der Waals surface area contributed by atoms with Gasteiger partial charge in [0.25, 0.3) is 0 Å². The zero-order chi connectivity index (χ0) is 12.8. The second-order valence-corrected chi connectivity index (χ2v) is 3.89. The van der Waals surface area contributed by atoms with E-state index in [9.17, 15) is 0 Å². The Bertz CT molecular complexity index is 479. The lowest BCUT2D eigenvalue weighted by atomic mass is 10.2. The summed E-state index contributed by atoms with van der Waals surface area (Å²) < 4.78 is 10.9. The number of hydrogen-bond donors (Lipinski definition) is 1. The fourth-order valence-electron chi connectivity index (χ4n) is 1.55. The molecule has 0 spiro atoms. The summed E-state index contributed by atoms with van der Waals surface area (Å²) in [6, 6.07) is 8.07. The minimum absolute atomic E-state index is 0.270. The molecule has 0 bridgehead atoms. The van der Waals surface area contributed by atoms with E-state index in [4.69, 9.17) is 14.9 Å². The van der Waals surface area contributed by atoms with Gasteiger partial charge in [-0.05, 0) is 24.1 Å². The summed E-state index contributed by atoms with van der Waals surface area (Å²) in [6.45, 7) is 2.91. The summed E-state index contributed by atoms with van der Waals surface area (Å²) in [5, 5.41) is 7.65. The smallest absolute Gasteiger partial charge is 0.230 e. The molecule has 18 heavy (non-hydrogen) atoms. The molecule has 0 saturated carbocycles. The van der Waals surface area contributed by atoms with Crippen molar-refractivity contribution in [3.63, 3.8) is 0 Å². The van der Waals surface area contributed by atoms with Crippen LogP contribution in [0.5, 0.6) is 5.75 Å². The molecule has 0 aliphatic carbocycles. The van der Waals surface area contributed by atoms with E-state index in [1.54, 1.807) is 0 Å². The Morgan fingerprint density at radius 3 is 2.50 bits per heavy atom. The van der Waals surface area contributed by atoms with Crippen LogP contribution in [0.3, 0.4) is 0 Å². The van der Waals surface area contributed by atoms with Gasteiger partial charge in [0.05, 0.1) is 19.6 Å². The number of nitrogens with two attached hydrogens (primary N) is 1. The maximum atomic E-state index is 5.59. The van der Waals surface area contributed by atoms with Crippen LogP contribution in [-0.2, 0) is 19.4 Å². The van der Waals surface area contributed by atoms with E-state index in [1.807, 2.05) is 12.1 Å². The van der Waals surface area contributed by atoms with Crippen LogP contribution < -0.4 is 10.5 Å². The van der Waals surface area contributed by atoms with Gasteiger partial charge in [-0.3, -0.25) is 0 Å². The molecule has 0 amide bonds. The first-order valence-electron chi connectivity index (χ1n) is 6.05. The van der Waals surface area contributed by atoms with Crippen molar-refractivity contribution >= 4 is 0 Å². The summed E-state index contributed by atoms with van der Waals surface area (Å²) in [6.07, 6.45) is 1.62. The molecule has 0 aliphatic heterocycles. The molecule has 5 heteroatoms. The van der Waals surface area contributed by atoms with Gasteiger partial charge in [-0.25, -0.2) is 0 Å². The van der Waals surface area contributed by atoms with E-state index < -0.39 is 0 Å². The highest BCUT2D eigenvalue weighted by Crippen LogP contribution is 2.12. The molecule has 2 aromatic rings. The quantitative estimate of drug-likeness (QED) is 0.841. The molecule has 2 N–H and O–H groups in total. The van der Waals surface area contributed by atoms with Crippen LogP contribution in [0.1, 0.15) is 24.3 Å². The van der Waals surface area contributed by atoms with Crippen LogP contribution >= 0.6 is 0 Å². The van der Waals surface area contributed by atoms with E-state index in [0.717, 1.165) is 12.2 Å². The van der Waals surface area contributed by atoms with Gasteiger partial charge in [0.15, 0.2) is 0 Å². The normalized spacial score (nSPS) is 10.6. The number of nitrogens with zero attached hydrogens (tertiary/aromatic N) is 2. The van der Waals surface area contributed by atoms with Crippen molar-refractivity contribution in [1.82, 2.24) is 10.2 Å². The summed E-state index contributed by atoms with van der Waals surface area (Å²) in [5.41, 5.74) is 6.68. The molecular formula is C13H17N3O2. The lowest BCUT2D eigenvalue weighted by Crippen LogP contribution is -2.01. The first-order chi connectivity index (χ1) is 8.81. The SMILES string of the molecule is CCc1ccc(OCCc2nnc(CN)o2)cc1. The Kier molecular flexibility index (Phi) is 4.30. The van der Waals surface area contributed by atoms with Crippen LogP contribution in [0.4, 0.5) is 0 Å². The topological polar surface area (TPSA) is 74.2 Å². The highest BCUT2D eigenvalue weighted by molar-refractivity contribution is 5.27. The van der Waals surface area contributed by atoms with Crippen molar-refractivity contribution in [2.75, 3.05) is 6.61 Å². The summed E-state index contributed by atoms with van der Waals surface area (Å²) >= 11 is 0. The maximum Gasteiger partial charge on any atom is 0.230 e. The Labute approximate surface area is 106 Å². The lowest BCUT2D eigenvalue weighted by molar-refractivity contribution is 0.304. The molecule has 96 valence electrons. The van der Waals surface area contributed by atoms with Crippen molar-refractivity contribution in [1.29, 1.82) is 0 Å². The molecule has 0 unspecified atom stereocenters. The van der Waals surface area contributed by atoms with Crippen molar-refractivity contribution in [2.45, 2.75) is 26.3 Å². The van der Waals surface area contributed by atoms with Gasteiger partial charge < -0.3 is 14.9 Å². The third-order valence-corrected chi connectivity index (χ3v) is 2.60. The predicted octanol–water partition coefficient (Wildman–Crippen LogP) is 1.71. The molecule has 0 saturated heterocycles. The minimum atomic E-state index is 0.270. The van der Waals surface area contributed by atoms with Crippen molar-refractivity contribution < 1.29 is 9.15 Å². The highest BCUT2D eigenvalue weighted by Gasteiger charge is 2.04. The zero-order valence-electron chi connectivity index (χ0n) is 10.4. The van der Waals surface area contributed by atoms with Gasteiger partial charge in [-0.15, -0.1) is 10.2 Å². The second-order valence-electron chi connectivity index (χ2n) is 3.89. The molecule has 5 nitrogen and oxygen atoms in total. The fourth-order valence-corrected chi connectivity index (χ4v) is 1.55. The molecule has 1 aromatic carbocycles. The van der Waals surface area contributed by atoms with Crippen molar-refractivity contribution in [2.24, 2.45) is 5.73 Å². The number of aryl methyl sites for hydroxylation is 1. The van der Waals surface area contributed by atoms with E-state index in [-0.39, 0.29) is 6.54 Å². The Morgan fingerprint density at radius 2 is 1.89 bits per heavy atom. The lowest BCUT2D eigenvalue weighted by Gasteiger charge is -2.04. The molecule has 0 fully saturated rings. The third-order valence-electron chi connectivity index (χ3n) is 2.60. The number of benzene rings is 1. The van der Waals surface area contributed by atoms with Crippen LogP contribution in [-0.4, -0.2) is 16.8 Å². The molecular weight excluding hydrogens is 230 g/mol. The first kappa shape index (κ1) is 12.6. The van der Waals surface area contributed by atoms with E-state index in [0.29, 0.717) is 24.8 Å².